The Labute approximate surface area is 153 Å². The van der Waals surface area contributed by atoms with Crippen molar-refractivity contribution in [3.05, 3.63) is 34.7 Å². The lowest BCUT2D eigenvalue weighted by Crippen LogP contribution is -2.39. The van der Waals surface area contributed by atoms with Crippen LogP contribution in [0.4, 0.5) is 5.13 Å². The highest BCUT2D eigenvalue weighted by Crippen LogP contribution is 2.33. The van der Waals surface area contributed by atoms with E-state index in [1.54, 1.807) is 0 Å². The number of aryl methyl sites for hydroxylation is 2. The highest BCUT2D eigenvalue weighted by Gasteiger charge is 2.34. The van der Waals surface area contributed by atoms with E-state index in [2.05, 4.69) is 47.7 Å². The second-order valence-electron chi connectivity index (χ2n) is 7.58. The normalized spacial score (nSPS) is 25.1. The van der Waals surface area contributed by atoms with Crippen LogP contribution in [0.1, 0.15) is 43.2 Å². The second-order valence-corrected chi connectivity index (χ2v) is 8.44. The Hall–Kier alpha value is -1.72. The van der Waals surface area contributed by atoms with Crippen LogP contribution in [-0.2, 0) is 4.79 Å². The molecule has 3 heterocycles. The van der Waals surface area contributed by atoms with Crippen LogP contribution >= 0.6 is 11.3 Å². The average Bonchev–Trinajstić information content (AvgIpc) is 3.14. The number of hydrogen-bond donors (Lipinski definition) is 2. The molecule has 2 aliphatic rings. The number of hydrogen-bond acceptors (Lipinski definition) is 4. The molecule has 25 heavy (non-hydrogen) atoms. The van der Waals surface area contributed by atoms with Gasteiger partial charge in [-0.05, 0) is 51.0 Å². The number of benzene rings is 1. The van der Waals surface area contributed by atoms with Gasteiger partial charge in [0.05, 0.1) is 5.69 Å². The minimum absolute atomic E-state index is 0.104. The van der Waals surface area contributed by atoms with E-state index >= 15 is 0 Å². The Morgan fingerprint density at radius 3 is 2.76 bits per heavy atom. The molecular weight excluding hydrogens is 330 g/mol. The summed E-state index contributed by atoms with van der Waals surface area (Å²) in [4.78, 5) is 17.0. The van der Waals surface area contributed by atoms with Crippen molar-refractivity contribution >= 4 is 22.4 Å². The number of carbonyl (C=O) groups excluding carboxylic acids is 1. The van der Waals surface area contributed by atoms with Gasteiger partial charge in [0.25, 0.3) is 0 Å². The fraction of sp³-hybridized carbons (Fsp3) is 0.500. The largest absolute Gasteiger partial charge is 0.311 e. The number of carbonyl (C=O) groups is 1. The first-order valence-corrected chi connectivity index (χ1v) is 10.0. The summed E-state index contributed by atoms with van der Waals surface area (Å²) in [6, 6.07) is 7.64. The standard InChI is InChI=1S/C20H25N3OS/c1-12-3-6-17(13(2)7-12)18-11-25-20(22-18)23-19(24)10-14-8-15-4-5-16(9-14)21-15/h3,6-7,11,14-16,21H,4-5,8-10H2,1-2H3,(H,22,23,24). The van der Waals surface area contributed by atoms with Crippen molar-refractivity contribution in [1.29, 1.82) is 0 Å². The number of rotatable bonds is 4. The molecule has 0 radical (unpaired) electrons. The van der Waals surface area contributed by atoms with Crippen LogP contribution in [0.25, 0.3) is 11.3 Å². The maximum Gasteiger partial charge on any atom is 0.226 e. The van der Waals surface area contributed by atoms with E-state index in [1.165, 1.54) is 35.3 Å². The van der Waals surface area contributed by atoms with Gasteiger partial charge in [0.1, 0.15) is 0 Å². The molecule has 0 spiro atoms. The topological polar surface area (TPSA) is 54.0 Å². The van der Waals surface area contributed by atoms with Crippen molar-refractivity contribution in [2.75, 3.05) is 5.32 Å². The van der Waals surface area contributed by atoms with Gasteiger partial charge in [-0.3, -0.25) is 4.79 Å². The van der Waals surface area contributed by atoms with Gasteiger partial charge >= 0.3 is 0 Å². The number of fused-ring (bicyclic) bond motifs is 2. The van der Waals surface area contributed by atoms with Gasteiger partial charge in [-0.2, -0.15) is 0 Å². The number of anilines is 1. The van der Waals surface area contributed by atoms with Crippen LogP contribution in [0.15, 0.2) is 23.6 Å². The van der Waals surface area contributed by atoms with Crippen LogP contribution in [0.5, 0.6) is 0 Å². The van der Waals surface area contributed by atoms with Crippen LogP contribution in [-0.4, -0.2) is 23.0 Å². The fourth-order valence-electron chi connectivity index (χ4n) is 4.33. The molecule has 2 aliphatic heterocycles. The smallest absolute Gasteiger partial charge is 0.226 e. The third-order valence-electron chi connectivity index (χ3n) is 5.45. The van der Waals surface area contributed by atoms with E-state index in [9.17, 15) is 4.79 Å². The van der Waals surface area contributed by atoms with E-state index in [0.717, 1.165) is 24.1 Å². The van der Waals surface area contributed by atoms with Crippen LogP contribution in [0.2, 0.25) is 0 Å². The summed E-state index contributed by atoms with van der Waals surface area (Å²) in [5, 5.41) is 9.37. The molecule has 1 aromatic heterocycles. The third-order valence-corrected chi connectivity index (χ3v) is 6.21. The zero-order valence-corrected chi connectivity index (χ0v) is 15.7. The van der Waals surface area contributed by atoms with E-state index in [0.29, 0.717) is 29.6 Å². The molecule has 0 saturated carbocycles. The summed E-state index contributed by atoms with van der Waals surface area (Å²) in [5.41, 5.74) is 4.55. The first-order valence-electron chi connectivity index (χ1n) is 9.16. The number of nitrogens with one attached hydrogen (secondary N) is 2. The average molecular weight is 356 g/mol. The number of nitrogens with zero attached hydrogens (tertiary/aromatic N) is 1. The monoisotopic (exact) mass is 355 g/mol. The molecule has 4 nitrogen and oxygen atoms in total. The number of aromatic nitrogens is 1. The molecule has 2 bridgehead atoms. The Morgan fingerprint density at radius 1 is 1.28 bits per heavy atom. The summed E-state index contributed by atoms with van der Waals surface area (Å²) in [7, 11) is 0. The van der Waals surface area contributed by atoms with Crippen molar-refractivity contribution in [1.82, 2.24) is 10.3 Å². The molecule has 2 unspecified atom stereocenters. The lowest BCUT2D eigenvalue weighted by Gasteiger charge is -2.28. The molecule has 132 valence electrons. The van der Waals surface area contributed by atoms with Crippen LogP contribution in [0.3, 0.4) is 0 Å². The molecule has 2 atom stereocenters. The molecule has 2 aromatic rings. The van der Waals surface area contributed by atoms with Crippen LogP contribution in [0, 0.1) is 19.8 Å². The molecular formula is C20H25N3OS. The summed E-state index contributed by atoms with van der Waals surface area (Å²) in [6.45, 7) is 4.20. The van der Waals surface area contributed by atoms with Gasteiger partial charge in [0.15, 0.2) is 5.13 Å². The molecule has 4 rings (SSSR count). The predicted octanol–water partition coefficient (Wildman–Crippen LogP) is 4.29. The zero-order valence-electron chi connectivity index (χ0n) is 14.8. The summed E-state index contributed by atoms with van der Waals surface area (Å²) in [5.74, 6) is 0.616. The van der Waals surface area contributed by atoms with E-state index in [-0.39, 0.29) is 5.91 Å². The predicted molar refractivity (Wildman–Crippen MR) is 103 cm³/mol. The quantitative estimate of drug-likeness (QED) is 0.860. The molecule has 1 amide bonds. The van der Waals surface area contributed by atoms with Crippen molar-refractivity contribution in [3.63, 3.8) is 0 Å². The maximum atomic E-state index is 12.4. The Kier molecular flexibility index (Phi) is 4.61. The maximum absolute atomic E-state index is 12.4. The number of piperidine rings is 1. The lowest BCUT2D eigenvalue weighted by molar-refractivity contribution is -0.117. The number of thiazole rings is 1. The first kappa shape index (κ1) is 16.7. The SMILES string of the molecule is Cc1ccc(-c2csc(NC(=O)CC3CC4CCC(C3)N4)n2)c(C)c1. The molecule has 2 saturated heterocycles. The molecule has 1 aromatic carbocycles. The summed E-state index contributed by atoms with van der Waals surface area (Å²) >= 11 is 1.51. The van der Waals surface area contributed by atoms with Crippen molar-refractivity contribution < 1.29 is 4.79 Å². The van der Waals surface area contributed by atoms with Crippen molar-refractivity contribution in [2.45, 2.75) is 58.0 Å². The lowest BCUT2D eigenvalue weighted by atomic mass is 9.89. The third kappa shape index (κ3) is 3.77. The first-order chi connectivity index (χ1) is 12.1. The highest BCUT2D eigenvalue weighted by molar-refractivity contribution is 7.14. The van der Waals surface area contributed by atoms with E-state index in [1.807, 2.05) is 5.38 Å². The fourth-order valence-corrected chi connectivity index (χ4v) is 5.06. The van der Waals surface area contributed by atoms with Gasteiger partial charge in [0.2, 0.25) is 5.91 Å². The van der Waals surface area contributed by atoms with E-state index < -0.39 is 0 Å². The molecule has 0 aliphatic carbocycles. The summed E-state index contributed by atoms with van der Waals surface area (Å²) in [6.07, 6.45) is 5.43. The Bertz CT molecular complexity index is 773. The van der Waals surface area contributed by atoms with Gasteiger partial charge < -0.3 is 10.6 Å². The van der Waals surface area contributed by atoms with Crippen molar-refractivity contribution in [3.8, 4) is 11.3 Å². The van der Waals surface area contributed by atoms with Crippen molar-refractivity contribution in [2.24, 2.45) is 5.92 Å². The van der Waals surface area contributed by atoms with Gasteiger partial charge in [-0.25, -0.2) is 4.98 Å². The van der Waals surface area contributed by atoms with E-state index in [4.69, 9.17) is 0 Å². The Morgan fingerprint density at radius 2 is 2.04 bits per heavy atom. The second kappa shape index (κ2) is 6.89. The summed E-state index contributed by atoms with van der Waals surface area (Å²) < 4.78 is 0. The zero-order chi connectivity index (χ0) is 17.4. The molecule has 2 fully saturated rings. The van der Waals surface area contributed by atoms with Gasteiger partial charge in [0, 0.05) is 29.4 Å². The molecule has 5 heteroatoms. The highest BCUT2D eigenvalue weighted by atomic mass is 32.1. The van der Waals surface area contributed by atoms with Gasteiger partial charge in [-0.15, -0.1) is 11.3 Å². The minimum atomic E-state index is 0.104. The molecule has 2 N–H and O–H groups in total. The minimum Gasteiger partial charge on any atom is -0.311 e. The Balaban J connectivity index is 1.38. The van der Waals surface area contributed by atoms with Crippen LogP contribution < -0.4 is 10.6 Å². The number of amides is 1. The van der Waals surface area contributed by atoms with Gasteiger partial charge in [-0.1, -0.05) is 23.8 Å².